The normalized spacial score (nSPS) is 16.3. The zero-order valence-corrected chi connectivity index (χ0v) is 19.7. The average molecular weight is 477 g/mol. The van der Waals surface area contributed by atoms with E-state index in [-0.39, 0.29) is 12.2 Å². The molecule has 4 rings (SSSR count). The van der Waals surface area contributed by atoms with Crippen LogP contribution in [0.15, 0.2) is 28.7 Å². The van der Waals surface area contributed by atoms with E-state index in [0.717, 1.165) is 31.5 Å². The van der Waals surface area contributed by atoms with Gasteiger partial charge in [-0.15, -0.1) is 0 Å². The second-order valence-corrected chi connectivity index (χ2v) is 8.42. The molecule has 0 radical (unpaired) electrons. The molecule has 0 unspecified atom stereocenters. The number of nitrogens with zero attached hydrogens (tertiary/aromatic N) is 4. The van der Waals surface area contributed by atoms with Gasteiger partial charge in [0, 0.05) is 36.8 Å². The molecule has 1 aliphatic rings. The third-order valence-electron chi connectivity index (χ3n) is 5.60. The highest BCUT2D eigenvalue weighted by atomic mass is 35.5. The van der Waals surface area contributed by atoms with E-state index in [0.29, 0.717) is 52.7 Å². The number of phenolic OH excluding ortho intramolecular Hbond substituents is 1. The van der Waals surface area contributed by atoms with Crippen LogP contribution in [-0.4, -0.2) is 78.0 Å². The highest BCUT2D eigenvalue weighted by Gasteiger charge is 2.27. The maximum Gasteiger partial charge on any atom is 0.300 e. The van der Waals surface area contributed by atoms with Gasteiger partial charge in [-0.05, 0) is 63.2 Å². The first kappa shape index (κ1) is 24.8. The number of carbonyl (C=O) groups is 1. The maximum absolute atomic E-state index is 10.4. The number of rotatable bonds is 6. The van der Waals surface area contributed by atoms with Crippen molar-refractivity contribution in [2.75, 3.05) is 45.3 Å². The van der Waals surface area contributed by atoms with E-state index >= 15 is 0 Å². The van der Waals surface area contributed by atoms with Gasteiger partial charge in [0.25, 0.3) is 12.5 Å². The Kier molecular flexibility index (Phi) is 8.49. The molecule has 0 bridgehead atoms. The molecule has 3 aromatic rings. The Morgan fingerprint density at radius 2 is 2.12 bits per heavy atom. The molecular formula is C23H29ClN4O5. The minimum absolute atomic E-state index is 0.0996. The molecule has 2 N–H and O–H groups in total. The number of aromatic nitrogens is 2. The number of methoxy groups -OCH3 is 1. The first-order valence-electron chi connectivity index (χ1n) is 10.7. The van der Waals surface area contributed by atoms with E-state index in [9.17, 15) is 5.11 Å². The lowest BCUT2D eigenvalue weighted by Gasteiger charge is -2.37. The lowest BCUT2D eigenvalue weighted by atomic mass is 10.0. The lowest BCUT2D eigenvalue weighted by Crippen LogP contribution is -2.48. The number of aryl methyl sites for hydroxylation is 1. The highest BCUT2D eigenvalue weighted by Crippen LogP contribution is 2.35. The van der Waals surface area contributed by atoms with E-state index in [1.54, 1.807) is 7.11 Å². The van der Waals surface area contributed by atoms with Gasteiger partial charge < -0.3 is 29.2 Å². The number of anilines is 1. The molecule has 1 saturated heterocycles. The summed E-state index contributed by atoms with van der Waals surface area (Å²) in [4.78, 5) is 22.2. The van der Waals surface area contributed by atoms with Crippen LogP contribution in [0.2, 0.25) is 5.02 Å². The summed E-state index contributed by atoms with van der Waals surface area (Å²) in [7, 11) is 3.84. The first-order chi connectivity index (χ1) is 15.9. The fraction of sp³-hybridized carbons (Fsp3) is 0.435. The molecule has 1 aromatic carbocycles. The molecular weight excluding hydrogens is 448 g/mol. The zero-order chi connectivity index (χ0) is 24.0. The van der Waals surface area contributed by atoms with E-state index in [2.05, 4.69) is 21.8 Å². The van der Waals surface area contributed by atoms with Gasteiger partial charge in [0.2, 0.25) is 5.65 Å². The van der Waals surface area contributed by atoms with Crippen molar-refractivity contribution in [3.05, 3.63) is 34.9 Å². The molecule has 1 atom stereocenters. The molecule has 0 saturated carbocycles. The number of halogens is 1. The number of fused-ring (bicyclic) bond motifs is 1. The molecule has 0 aliphatic carbocycles. The first-order valence-corrected chi connectivity index (χ1v) is 11.0. The molecule has 178 valence electrons. The van der Waals surface area contributed by atoms with Gasteiger partial charge in [-0.3, -0.25) is 4.79 Å². The van der Waals surface area contributed by atoms with Crippen molar-refractivity contribution in [3.8, 4) is 17.0 Å². The lowest BCUT2D eigenvalue weighted by molar-refractivity contribution is -0.122. The molecule has 9 nitrogen and oxygen atoms in total. The van der Waals surface area contributed by atoms with Crippen LogP contribution < -0.4 is 4.90 Å². The summed E-state index contributed by atoms with van der Waals surface area (Å²) in [5.74, 6) is 0.0996. The Labute approximate surface area is 197 Å². The number of carboxylic acid groups (broad SMARTS) is 1. The fourth-order valence-corrected chi connectivity index (χ4v) is 4.41. The molecule has 1 aliphatic heterocycles. The number of ether oxygens (including phenoxy) is 1. The summed E-state index contributed by atoms with van der Waals surface area (Å²) in [5.41, 5.74) is 3.27. The topological polar surface area (TPSA) is 112 Å². The second-order valence-electron chi connectivity index (χ2n) is 7.98. The molecule has 2 aromatic heterocycles. The summed E-state index contributed by atoms with van der Waals surface area (Å²) in [6, 6.07) is 7.89. The average Bonchev–Trinajstić information content (AvgIpc) is 3.17. The van der Waals surface area contributed by atoms with Crippen molar-refractivity contribution in [2.45, 2.75) is 25.8 Å². The SMILES string of the molecule is COCCN(c1nc2nc(-c3c(C)cc(Cl)cc3O)ccc2o1)[C@@H]1CCCN(C)C1.O=CO. The van der Waals surface area contributed by atoms with Crippen LogP contribution in [0, 0.1) is 6.92 Å². The Morgan fingerprint density at radius 1 is 1.36 bits per heavy atom. The maximum atomic E-state index is 10.4. The Bertz CT molecular complexity index is 1070. The number of aromatic hydroxyl groups is 1. The summed E-state index contributed by atoms with van der Waals surface area (Å²) < 4.78 is 11.4. The third kappa shape index (κ3) is 5.93. The van der Waals surface area contributed by atoms with Crippen LogP contribution in [0.25, 0.3) is 22.5 Å². The van der Waals surface area contributed by atoms with Crippen LogP contribution in [0.5, 0.6) is 5.75 Å². The predicted octanol–water partition coefficient (Wildman–Crippen LogP) is 3.81. The van der Waals surface area contributed by atoms with Crippen molar-refractivity contribution in [1.82, 2.24) is 14.9 Å². The molecule has 10 heteroatoms. The van der Waals surface area contributed by atoms with E-state index in [4.69, 9.17) is 35.6 Å². The zero-order valence-electron chi connectivity index (χ0n) is 19.0. The van der Waals surface area contributed by atoms with Gasteiger partial charge in [-0.1, -0.05) is 11.6 Å². The van der Waals surface area contributed by atoms with Gasteiger partial charge in [-0.25, -0.2) is 4.98 Å². The third-order valence-corrected chi connectivity index (χ3v) is 5.82. The smallest absolute Gasteiger partial charge is 0.300 e. The van der Waals surface area contributed by atoms with Gasteiger partial charge in [0.1, 0.15) is 5.75 Å². The number of phenols is 1. The second kappa shape index (κ2) is 11.3. The van der Waals surface area contributed by atoms with Crippen LogP contribution in [0.4, 0.5) is 6.01 Å². The van der Waals surface area contributed by atoms with Gasteiger partial charge in [0.05, 0.1) is 12.3 Å². The summed E-state index contributed by atoms with van der Waals surface area (Å²) in [5, 5.41) is 17.8. The van der Waals surface area contributed by atoms with Gasteiger partial charge in [-0.2, -0.15) is 4.98 Å². The number of oxazole rings is 1. The van der Waals surface area contributed by atoms with Crippen molar-refractivity contribution in [2.24, 2.45) is 0 Å². The Hall–Kier alpha value is -2.88. The summed E-state index contributed by atoms with van der Waals surface area (Å²) in [6.45, 7) is 5.00. The Morgan fingerprint density at radius 3 is 2.79 bits per heavy atom. The van der Waals surface area contributed by atoms with Crippen molar-refractivity contribution < 1.29 is 24.2 Å². The molecule has 0 amide bonds. The van der Waals surface area contributed by atoms with E-state index in [1.807, 2.05) is 25.1 Å². The highest BCUT2D eigenvalue weighted by molar-refractivity contribution is 6.31. The number of hydrogen-bond acceptors (Lipinski definition) is 8. The quantitative estimate of drug-likeness (QED) is 0.513. The number of pyridine rings is 1. The number of benzene rings is 1. The Balaban J connectivity index is 0.000000968. The van der Waals surface area contributed by atoms with Crippen LogP contribution in [0.3, 0.4) is 0 Å². The summed E-state index contributed by atoms with van der Waals surface area (Å²) >= 11 is 6.04. The van der Waals surface area contributed by atoms with E-state index in [1.165, 1.54) is 6.07 Å². The van der Waals surface area contributed by atoms with Crippen LogP contribution >= 0.6 is 11.6 Å². The molecule has 0 spiro atoms. The van der Waals surface area contributed by atoms with Crippen molar-refractivity contribution >= 4 is 35.3 Å². The number of hydrogen-bond donors (Lipinski definition) is 2. The molecule has 3 heterocycles. The van der Waals surface area contributed by atoms with Gasteiger partial charge in [0.15, 0.2) is 5.58 Å². The number of likely N-dealkylation sites (tertiary alicyclic amines) is 1. The predicted molar refractivity (Wildman–Crippen MR) is 127 cm³/mol. The van der Waals surface area contributed by atoms with Crippen molar-refractivity contribution in [1.29, 1.82) is 0 Å². The number of piperidine rings is 1. The van der Waals surface area contributed by atoms with E-state index < -0.39 is 0 Å². The van der Waals surface area contributed by atoms with Crippen molar-refractivity contribution in [3.63, 3.8) is 0 Å². The van der Waals surface area contributed by atoms with Gasteiger partial charge >= 0.3 is 0 Å². The fourth-order valence-electron chi connectivity index (χ4n) is 4.15. The minimum Gasteiger partial charge on any atom is -0.507 e. The van der Waals surface area contributed by atoms with Crippen LogP contribution in [-0.2, 0) is 9.53 Å². The number of likely N-dealkylation sites (N-methyl/N-ethyl adjacent to an activating group) is 1. The monoisotopic (exact) mass is 476 g/mol. The summed E-state index contributed by atoms with van der Waals surface area (Å²) in [6.07, 6.45) is 2.23. The largest absolute Gasteiger partial charge is 0.507 e. The molecule has 33 heavy (non-hydrogen) atoms. The van der Waals surface area contributed by atoms with Crippen LogP contribution in [0.1, 0.15) is 18.4 Å². The standard InChI is InChI=1S/C22H27ClN4O3.CH2O2/c1-14-11-15(23)12-18(28)20(14)17-6-7-19-21(24-17)25-22(30-19)27(9-10-29-3)16-5-4-8-26(2)13-16;2-1-3/h6-7,11-12,16,28H,4-5,8-10,13H2,1-3H3;1H,(H,2,3)/t16-;/m1./s1. The molecule has 1 fully saturated rings. The minimum atomic E-state index is -0.250.